The van der Waals surface area contributed by atoms with Crippen LogP contribution in [0.4, 0.5) is 4.79 Å². The molecule has 2 atom stereocenters. The van der Waals surface area contributed by atoms with Crippen LogP contribution < -0.4 is 16.4 Å². The summed E-state index contributed by atoms with van der Waals surface area (Å²) in [7, 11) is 0. The van der Waals surface area contributed by atoms with Crippen LogP contribution >= 0.6 is 0 Å². The average Bonchev–Trinajstić information content (AvgIpc) is 2.67. The van der Waals surface area contributed by atoms with Crippen LogP contribution in [0.15, 0.2) is 18.2 Å². The SMILES string of the molecule is Cc1cc(C(C(=O)NC(C)(C)C)N(C(=O)C(CCC(N)=O)NC(=O)OC(C)(C)C)C(C)(C)C)ccc1O. The lowest BCUT2D eigenvalue weighted by atomic mass is 9.93. The first-order valence-electron chi connectivity index (χ1n) is 12.3. The average molecular weight is 521 g/mol. The number of benzene rings is 1. The molecule has 0 saturated carbocycles. The zero-order chi connectivity index (χ0) is 28.9. The number of carbonyl (C=O) groups excluding carboxylic acids is 4. The molecular weight excluding hydrogens is 476 g/mol. The molecule has 2 unspecified atom stereocenters. The van der Waals surface area contributed by atoms with Crippen molar-refractivity contribution in [1.29, 1.82) is 0 Å². The summed E-state index contributed by atoms with van der Waals surface area (Å²) in [4.78, 5) is 53.4. The Labute approximate surface area is 220 Å². The monoisotopic (exact) mass is 520 g/mol. The second kappa shape index (κ2) is 11.8. The minimum Gasteiger partial charge on any atom is -0.508 e. The molecule has 0 radical (unpaired) electrons. The highest BCUT2D eigenvalue weighted by Crippen LogP contribution is 2.33. The molecule has 0 spiro atoms. The number of nitrogens with one attached hydrogen (secondary N) is 2. The van der Waals surface area contributed by atoms with Gasteiger partial charge in [0.25, 0.3) is 0 Å². The van der Waals surface area contributed by atoms with Crippen molar-refractivity contribution >= 4 is 23.8 Å². The Kier molecular flexibility index (Phi) is 10.1. The third-order valence-corrected chi connectivity index (χ3v) is 5.17. The normalized spacial score (nSPS) is 13.8. The number of alkyl carbamates (subject to hydrolysis) is 1. The van der Waals surface area contributed by atoms with Gasteiger partial charge in [0.05, 0.1) is 0 Å². The van der Waals surface area contributed by atoms with Crippen LogP contribution in [0.3, 0.4) is 0 Å². The zero-order valence-corrected chi connectivity index (χ0v) is 23.8. The Hall–Kier alpha value is -3.30. The van der Waals surface area contributed by atoms with E-state index in [1.807, 2.05) is 20.8 Å². The Morgan fingerprint density at radius 1 is 1.03 bits per heavy atom. The molecule has 0 aliphatic carbocycles. The predicted octanol–water partition coefficient (Wildman–Crippen LogP) is 3.44. The number of aryl methyl sites for hydroxylation is 1. The van der Waals surface area contributed by atoms with Gasteiger partial charge < -0.3 is 31.1 Å². The van der Waals surface area contributed by atoms with E-state index in [9.17, 15) is 24.3 Å². The van der Waals surface area contributed by atoms with Crippen LogP contribution in [0.2, 0.25) is 0 Å². The highest BCUT2D eigenvalue weighted by molar-refractivity contribution is 5.93. The quantitative estimate of drug-likeness (QED) is 0.412. The van der Waals surface area contributed by atoms with Crippen molar-refractivity contribution in [2.75, 3.05) is 0 Å². The van der Waals surface area contributed by atoms with Gasteiger partial charge in [-0.1, -0.05) is 6.07 Å². The van der Waals surface area contributed by atoms with Gasteiger partial charge in [0.2, 0.25) is 17.7 Å². The summed E-state index contributed by atoms with van der Waals surface area (Å²) in [5.74, 6) is -1.60. The Morgan fingerprint density at radius 3 is 2.03 bits per heavy atom. The number of rotatable bonds is 8. The van der Waals surface area contributed by atoms with Gasteiger partial charge in [0.1, 0.15) is 23.4 Å². The Bertz CT molecular complexity index is 1000. The number of phenols is 1. The number of aromatic hydroxyl groups is 1. The Balaban J connectivity index is 3.66. The van der Waals surface area contributed by atoms with Gasteiger partial charge in [-0.15, -0.1) is 0 Å². The van der Waals surface area contributed by atoms with Gasteiger partial charge in [0, 0.05) is 17.5 Å². The molecule has 10 nitrogen and oxygen atoms in total. The molecular formula is C27H44N4O6. The third kappa shape index (κ3) is 10.3. The second-order valence-corrected chi connectivity index (χ2v) is 12.3. The van der Waals surface area contributed by atoms with E-state index >= 15 is 0 Å². The zero-order valence-electron chi connectivity index (χ0n) is 23.8. The molecule has 0 saturated heterocycles. The van der Waals surface area contributed by atoms with Crippen LogP contribution in [0.5, 0.6) is 5.75 Å². The fourth-order valence-corrected chi connectivity index (χ4v) is 3.71. The maximum Gasteiger partial charge on any atom is 0.408 e. The summed E-state index contributed by atoms with van der Waals surface area (Å²) < 4.78 is 5.33. The van der Waals surface area contributed by atoms with Gasteiger partial charge in [-0.05, 0) is 98.9 Å². The van der Waals surface area contributed by atoms with Crippen molar-refractivity contribution in [3.8, 4) is 5.75 Å². The molecule has 0 bridgehead atoms. The Morgan fingerprint density at radius 2 is 1.59 bits per heavy atom. The number of phenolic OH excluding ortho intramolecular Hbond substituents is 1. The molecule has 0 aliphatic heterocycles. The summed E-state index contributed by atoms with van der Waals surface area (Å²) in [6.45, 7) is 17.6. The van der Waals surface area contributed by atoms with Gasteiger partial charge in [-0.25, -0.2) is 4.79 Å². The van der Waals surface area contributed by atoms with E-state index in [-0.39, 0.29) is 18.6 Å². The van der Waals surface area contributed by atoms with Gasteiger partial charge in [-0.3, -0.25) is 14.4 Å². The molecule has 0 aliphatic rings. The standard InChI is InChI=1S/C27H44N4O6/c1-16-15-17(11-13-19(16)32)21(22(34)30-25(2,3)4)31(26(5,6)7)23(35)18(12-14-20(28)33)29-24(36)37-27(8,9)10/h11,13,15,18,21,32H,12,14H2,1-10H3,(H2,28,33)(H,29,36)(H,30,34). The van der Waals surface area contributed by atoms with Crippen molar-refractivity contribution in [1.82, 2.24) is 15.5 Å². The van der Waals surface area contributed by atoms with Crippen LogP contribution in [-0.2, 0) is 19.1 Å². The minimum atomic E-state index is -1.19. The highest BCUT2D eigenvalue weighted by Gasteiger charge is 2.42. The van der Waals surface area contributed by atoms with Crippen molar-refractivity contribution < 1.29 is 29.0 Å². The van der Waals surface area contributed by atoms with Crippen molar-refractivity contribution in [3.63, 3.8) is 0 Å². The number of hydrogen-bond donors (Lipinski definition) is 4. The van der Waals surface area contributed by atoms with E-state index in [4.69, 9.17) is 10.5 Å². The smallest absolute Gasteiger partial charge is 0.408 e. The largest absolute Gasteiger partial charge is 0.508 e. The summed E-state index contributed by atoms with van der Waals surface area (Å²) in [6.07, 6.45) is -1.08. The first-order valence-corrected chi connectivity index (χ1v) is 12.3. The van der Waals surface area contributed by atoms with Gasteiger partial charge in [-0.2, -0.15) is 0 Å². The van der Waals surface area contributed by atoms with E-state index in [2.05, 4.69) is 10.6 Å². The fourth-order valence-electron chi connectivity index (χ4n) is 3.71. The van der Waals surface area contributed by atoms with Gasteiger partial charge in [0.15, 0.2) is 0 Å². The van der Waals surface area contributed by atoms with E-state index in [0.717, 1.165) is 0 Å². The molecule has 5 N–H and O–H groups in total. The number of primary amides is 1. The molecule has 1 aromatic rings. The second-order valence-electron chi connectivity index (χ2n) is 12.3. The summed E-state index contributed by atoms with van der Waals surface area (Å²) in [5.41, 5.74) is 4.03. The third-order valence-electron chi connectivity index (χ3n) is 5.17. The molecule has 0 heterocycles. The van der Waals surface area contributed by atoms with Crippen molar-refractivity contribution in [3.05, 3.63) is 29.3 Å². The van der Waals surface area contributed by atoms with Crippen molar-refractivity contribution in [2.24, 2.45) is 5.73 Å². The molecule has 0 fully saturated rings. The van der Waals surface area contributed by atoms with Crippen LogP contribution in [0.1, 0.15) is 92.3 Å². The summed E-state index contributed by atoms with van der Waals surface area (Å²) in [6, 6.07) is 2.40. The maximum atomic E-state index is 14.1. The topological polar surface area (TPSA) is 151 Å². The number of nitrogens with zero attached hydrogens (tertiary/aromatic N) is 1. The molecule has 37 heavy (non-hydrogen) atoms. The fraction of sp³-hybridized carbons (Fsp3) is 0.630. The minimum absolute atomic E-state index is 0.0540. The highest BCUT2D eigenvalue weighted by atomic mass is 16.6. The van der Waals surface area contributed by atoms with Crippen molar-refractivity contribution in [2.45, 2.75) is 111 Å². The summed E-state index contributed by atoms with van der Waals surface area (Å²) in [5, 5.41) is 15.6. The lowest BCUT2D eigenvalue weighted by Crippen LogP contribution is -2.59. The first-order chi connectivity index (χ1) is 16.6. The molecule has 1 aromatic carbocycles. The first kappa shape index (κ1) is 31.7. The van der Waals surface area contributed by atoms with Crippen LogP contribution in [0.25, 0.3) is 0 Å². The molecule has 0 aromatic heterocycles. The maximum absolute atomic E-state index is 14.1. The van der Waals surface area contributed by atoms with E-state index < -0.39 is 52.6 Å². The number of hydrogen-bond acceptors (Lipinski definition) is 6. The van der Waals surface area contributed by atoms with E-state index in [1.165, 1.54) is 11.0 Å². The lowest BCUT2D eigenvalue weighted by Gasteiger charge is -2.43. The number of ether oxygens (including phenoxy) is 1. The van der Waals surface area contributed by atoms with Crippen LogP contribution in [0, 0.1) is 6.92 Å². The molecule has 1 rings (SSSR count). The van der Waals surface area contributed by atoms with Crippen LogP contribution in [-0.4, -0.2) is 56.5 Å². The van der Waals surface area contributed by atoms with Gasteiger partial charge >= 0.3 is 6.09 Å². The summed E-state index contributed by atoms with van der Waals surface area (Å²) >= 11 is 0. The number of nitrogens with two attached hydrogens (primary N) is 1. The number of carbonyl (C=O) groups is 4. The lowest BCUT2D eigenvalue weighted by molar-refractivity contribution is -0.149. The van der Waals surface area contributed by atoms with E-state index in [0.29, 0.717) is 11.1 Å². The predicted molar refractivity (Wildman–Crippen MR) is 142 cm³/mol. The molecule has 4 amide bonds. The van der Waals surface area contributed by atoms with E-state index in [1.54, 1.807) is 60.6 Å². The number of amides is 4. The molecule has 208 valence electrons. The molecule has 10 heteroatoms.